The lowest BCUT2D eigenvalue weighted by Crippen LogP contribution is -2.45. The number of hydrogen-bond donors (Lipinski definition) is 3. The van der Waals surface area contributed by atoms with Crippen LogP contribution in [0, 0.1) is 6.92 Å². The molecular formula is C10H16N4O. The topological polar surface area (TPSA) is 94.0 Å². The van der Waals surface area contributed by atoms with Crippen LogP contribution in [0.3, 0.4) is 0 Å². The van der Waals surface area contributed by atoms with Crippen molar-refractivity contribution in [2.45, 2.75) is 26.3 Å². The molecule has 0 saturated carbocycles. The summed E-state index contributed by atoms with van der Waals surface area (Å²) in [5, 5.41) is 2.92. The highest BCUT2D eigenvalue weighted by atomic mass is 16.1. The van der Waals surface area contributed by atoms with Gasteiger partial charge < -0.3 is 16.8 Å². The Morgan fingerprint density at radius 2 is 2.13 bits per heavy atom. The number of aryl methyl sites for hydroxylation is 1. The molecule has 1 heterocycles. The Bertz CT molecular complexity index is 387. The molecular weight excluding hydrogens is 192 g/mol. The second-order valence-corrected chi connectivity index (χ2v) is 4.04. The fraction of sp³-hybridized carbons (Fsp3) is 0.400. The number of nitrogens with two attached hydrogens (primary N) is 2. The van der Waals surface area contributed by atoms with E-state index in [1.165, 1.54) is 0 Å². The third kappa shape index (κ3) is 2.59. The molecule has 5 heteroatoms. The first-order valence-electron chi connectivity index (χ1n) is 4.63. The summed E-state index contributed by atoms with van der Waals surface area (Å²) in [5.41, 5.74) is 11.6. The molecule has 0 bridgehead atoms. The van der Waals surface area contributed by atoms with E-state index < -0.39 is 11.4 Å². The normalized spacial score (nSPS) is 11.1. The van der Waals surface area contributed by atoms with Crippen molar-refractivity contribution >= 4 is 17.4 Å². The van der Waals surface area contributed by atoms with Crippen molar-refractivity contribution < 1.29 is 4.79 Å². The minimum atomic E-state index is -0.839. The zero-order valence-electron chi connectivity index (χ0n) is 9.16. The number of nitrogens with one attached hydrogen (secondary N) is 1. The monoisotopic (exact) mass is 208 g/mol. The fourth-order valence-electron chi connectivity index (χ4n) is 0.989. The van der Waals surface area contributed by atoms with Crippen LogP contribution in [-0.4, -0.2) is 16.4 Å². The molecule has 1 amide bonds. The van der Waals surface area contributed by atoms with Gasteiger partial charge in [0.05, 0.1) is 0 Å². The van der Waals surface area contributed by atoms with Crippen LogP contribution < -0.4 is 16.8 Å². The summed E-state index contributed by atoms with van der Waals surface area (Å²) in [6.07, 6.45) is 1.65. The van der Waals surface area contributed by atoms with Crippen LogP contribution in [0.25, 0.3) is 0 Å². The van der Waals surface area contributed by atoms with Crippen LogP contribution in [0.4, 0.5) is 11.5 Å². The van der Waals surface area contributed by atoms with Crippen molar-refractivity contribution in [3.05, 3.63) is 17.8 Å². The molecule has 0 saturated heterocycles. The minimum absolute atomic E-state index is 0.441. The number of rotatable bonds is 3. The minimum Gasteiger partial charge on any atom is -0.398 e. The Balaban J connectivity index is 2.91. The van der Waals surface area contributed by atoms with E-state index in [-0.39, 0.29) is 0 Å². The maximum Gasteiger partial charge on any atom is 0.242 e. The molecule has 0 atom stereocenters. The van der Waals surface area contributed by atoms with Crippen molar-refractivity contribution in [1.82, 2.24) is 4.98 Å². The van der Waals surface area contributed by atoms with Crippen molar-refractivity contribution in [2.24, 2.45) is 5.73 Å². The van der Waals surface area contributed by atoms with Gasteiger partial charge in [-0.25, -0.2) is 4.98 Å². The summed E-state index contributed by atoms with van der Waals surface area (Å²) in [6.45, 7) is 5.24. The summed E-state index contributed by atoms with van der Waals surface area (Å²) in [5.74, 6) is 0.102. The van der Waals surface area contributed by atoms with E-state index in [0.717, 1.165) is 5.56 Å². The van der Waals surface area contributed by atoms with Crippen molar-refractivity contribution in [1.29, 1.82) is 0 Å². The number of carbonyl (C=O) groups excluding carboxylic acids is 1. The second-order valence-electron chi connectivity index (χ2n) is 4.04. The van der Waals surface area contributed by atoms with Gasteiger partial charge >= 0.3 is 0 Å². The summed E-state index contributed by atoms with van der Waals surface area (Å²) in [4.78, 5) is 15.2. The number of pyridine rings is 1. The van der Waals surface area contributed by atoms with Crippen molar-refractivity contribution in [2.75, 3.05) is 11.1 Å². The van der Waals surface area contributed by atoms with Gasteiger partial charge in [0.15, 0.2) is 0 Å². The van der Waals surface area contributed by atoms with Gasteiger partial charge in [-0.1, -0.05) is 0 Å². The number of amides is 1. The van der Waals surface area contributed by atoms with Gasteiger partial charge in [0.1, 0.15) is 11.4 Å². The van der Waals surface area contributed by atoms with E-state index in [9.17, 15) is 4.79 Å². The SMILES string of the molecule is Cc1cnc(NC(C)(C)C(N)=O)cc1N. The number of nitrogen functional groups attached to an aromatic ring is 1. The molecule has 1 aromatic rings. The Hall–Kier alpha value is -1.78. The van der Waals surface area contributed by atoms with Gasteiger partial charge in [0, 0.05) is 18.0 Å². The van der Waals surface area contributed by atoms with Crippen LogP contribution in [-0.2, 0) is 4.79 Å². The van der Waals surface area contributed by atoms with Gasteiger partial charge in [-0.15, -0.1) is 0 Å². The largest absolute Gasteiger partial charge is 0.398 e. The molecule has 5 N–H and O–H groups in total. The summed E-state index contributed by atoms with van der Waals surface area (Å²) in [7, 11) is 0. The van der Waals surface area contributed by atoms with E-state index in [1.54, 1.807) is 26.1 Å². The maximum atomic E-state index is 11.1. The molecule has 0 aromatic carbocycles. The number of aromatic nitrogens is 1. The van der Waals surface area contributed by atoms with Gasteiger partial charge in [0.25, 0.3) is 0 Å². The first-order valence-corrected chi connectivity index (χ1v) is 4.63. The zero-order valence-corrected chi connectivity index (χ0v) is 9.16. The molecule has 0 aliphatic carbocycles. The second kappa shape index (κ2) is 3.76. The highest BCUT2D eigenvalue weighted by Gasteiger charge is 2.24. The third-order valence-corrected chi connectivity index (χ3v) is 2.20. The van der Waals surface area contributed by atoms with E-state index in [1.807, 2.05) is 6.92 Å². The predicted octanol–water partition coefficient (Wildman–Crippen LogP) is 0.648. The molecule has 15 heavy (non-hydrogen) atoms. The van der Waals surface area contributed by atoms with Gasteiger partial charge in [0.2, 0.25) is 5.91 Å². The quantitative estimate of drug-likeness (QED) is 0.679. The number of carbonyl (C=O) groups is 1. The van der Waals surface area contributed by atoms with Crippen LogP contribution in [0.1, 0.15) is 19.4 Å². The van der Waals surface area contributed by atoms with E-state index in [2.05, 4.69) is 10.3 Å². The molecule has 0 fully saturated rings. The Kier molecular flexibility index (Phi) is 2.83. The predicted molar refractivity (Wildman–Crippen MR) is 60.3 cm³/mol. The van der Waals surface area contributed by atoms with Crippen molar-refractivity contribution in [3.63, 3.8) is 0 Å². The first-order chi connectivity index (χ1) is 6.83. The summed E-state index contributed by atoms with van der Waals surface area (Å²) >= 11 is 0. The molecule has 0 spiro atoms. The molecule has 0 unspecified atom stereocenters. The van der Waals surface area contributed by atoms with Crippen LogP contribution in [0.15, 0.2) is 12.3 Å². The lowest BCUT2D eigenvalue weighted by atomic mass is 10.1. The van der Waals surface area contributed by atoms with Crippen LogP contribution >= 0.6 is 0 Å². The molecule has 1 rings (SSSR count). The number of anilines is 2. The first kappa shape index (κ1) is 11.3. The van der Waals surface area contributed by atoms with Gasteiger partial charge in [-0.05, 0) is 26.3 Å². The smallest absolute Gasteiger partial charge is 0.242 e. The molecule has 5 nitrogen and oxygen atoms in total. The molecule has 0 aliphatic rings. The highest BCUT2D eigenvalue weighted by Crippen LogP contribution is 2.17. The third-order valence-electron chi connectivity index (χ3n) is 2.20. The Labute approximate surface area is 88.9 Å². The summed E-state index contributed by atoms with van der Waals surface area (Å²) < 4.78 is 0. The number of primary amides is 1. The maximum absolute atomic E-state index is 11.1. The van der Waals surface area contributed by atoms with Gasteiger partial charge in [-0.3, -0.25) is 4.79 Å². The lowest BCUT2D eigenvalue weighted by molar-refractivity contribution is -0.121. The van der Waals surface area contributed by atoms with Crippen LogP contribution in [0.2, 0.25) is 0 Å². The van der Waals surface area contributed by atoms with E-state index in [0.29, 0.717) is 11.5 Å². The molecule has 1 aromatic heterocycles. The summed E-state index contributed by atoms with van der Waals surface area (Å²) in [6, 6.07) is 1.68. The average molecular weight is 208 g/mol. The van der Waals surface area contributed by atoms with E-state index in [4.69, 9.17) is 11.5 Å². The Morgan fingerprint density at radius 1 is 1.53 bits per heavy atom. The Morgan fingerprint density at radius 3 is 2.60 bits per heavy atom. The van der Waals surface area contributed by atoms with E-state index >= 15 is 0 Å². The fourth-order valence-corrected chi connectivity index (χ4v) is 0.989. The van der Waals surface area contributed by atoms with Crippen molar-refractivity contribution in [3.8, 4) is 0 Å². The number of hydrogen-bond acceptors (Lipinski definition) is 4. The highest BCUT2D eigenvalue weighted by molar-refractivity contribution is 5.86. The number of nitrogens with zero attached hydrogens (tertiary/aromatic N) is 1. The van der Waals surface area contributed by atoms with Gasteiger partial charge in [-0.2, -0.15) is 0 Å². The molecule has 82 valence electrons. The van der Waals surface area contributed by atoms with Crippen LogP contribution in [0.5, 0.6) is 0 Å². The molecule has 0 radical (unpaired) electrons. The lowest BCUT2D eigenvalue weighted by Gasteiger charge is -2.23. The standard InChI is InChI=1S/C10H16N4O/c1-6-5-13-8(4-7(6)11)14-10(2,3)9(12)15/h4-5H,1-3H3,(H2,12,15)(H3,11,13,14). The average Bonchev–Trinajstić information content (AvgIpc) is 2.10. The zero-order chi connectivity index (χ0) is 11.6. The molecule has 0 aliphatic heterocycles.